The molecule has 0 saturated carbocycles. The number of nitrogen functional groups attached to an aromatic ring is 1. The molecule has 0 fully saturated rings. The highest BCUT2D eigenvalue weighted by atomic mass is 35.5. The van der Waals surface area contributed by atoms with E-state index in [9.17, 15) is 0 Å². The largest absolute Gasteiger partial charge is 0.461 e. The number of anilines is 1. The molecule has 2 aromatic heterocycles. The van der Waals surface area contributed by atoms with Crippen molar-refractivity contribution in [1.82, 2.24) is 9.97 Å². The van der Waals surface area contributed by atoms with Gasteiger partial charge in [0.2, 0.25) is 5.95 Å². The van der Waals surface area contributed by atoms with Crippen molar-refractivity contribution in [3.8, 4) is 11.3 Å². The van der Waals surface area contributed by atoms with E-state index in [2.05, 4.69) is 9.97 Å². The predicted molar refractivity (Wildman–Crippen MR) is 53.9 cm³/mol. The van der Waals surface area contributed by atoms with Crippen LogP contribution in [0.1, 0.15) is 5.76 Å². The Balaban J connectivity index is 2.52. The van der Waals surface area contributed by atoms with Crippen molar-refractivity contribution in [3.05, 3.63) is 29.2 Å². The summed E-state index contributed by atoms with van der Waals surface area (Å²) in [5.74, 6) is 1.61. The second-order valence-electron chi connectivity index (χ2n) is 2.84. The van der Waals surface area contributed by atoms with Crippen molar-refractivity contribution in [2.75, 3.05) is 5.73 Å². The molecule has 0 unspecified atom stereocenters. The van der Waals surface area contributed by atoms with Gasteiger partial charge in [-0.15, -0.1) is 0 Å². The average Bonchev–Trinajstić information content (AvgIpc) is 2.51. The molecule has 14 heavy (non-hydrogen) atoms. The number of rotatable bonds is 1. The normalized spacial score (nSPS) is 10.4. The molecular formula is C9H8ClN3O. The number of furan rings is 1. The molecule has 0 saturated heterocycles. The highest BCUT2D eigenvalue weighted by molar-refractivity contribution is 6.32. The highest BCUT2D eigenvalue weighted by Gasteiger charge is 2.09. The summed E-state index contributed by atoms with van der Waals surface area (Å²) < 4.78 is 5.38. The van der Waals surface area contributed by atoms with Gasteiger partial charge in [-0.2, -0.15) is 0 Å². The monoisotopic (exact) mass is 209 g/mol. The maximum atomic E-state index is 5.88. The minimum atomic E-state index is 0.155. The molecule has 0 aromatic carbocycles. The predicted octanol–water partition coefficient (Wildman–Crippen LogP) is 2.28. The molecule has 0 spiro atoms. The van der Waals surface area contributed by atoms with Gasteiger partial charge in [0, 0.05) is 6.20 Å². The Hall–Kier alpha value is -1.55. The quantitative estimate of drug-likeness (QED) is 0.732. The minimum absolute atomic E-state index is 0.155. The van der Waals surface area contributed by atoms with Crippen LogP contribution < -0.4 is 5.73 Å². The van der Waals surface area contributed by atoms with Gasteiger partial charge in [0.05, 0.1) is 5.56 Å². The van der Waals surface area contributed by atoms with Crippen LogP contribution in [0.25, 0.3) is 11.3 Å². The van der Waals surface area contributed by atoms with Crippen LogP contribution in [0.4, 0.5) is 5.95 Å². The molecular weight excluding hydrogens is 202 g/mol. The molecule has 0 atom stereocenters. The topological polar surface area (TPSA) is 64.9 Å². The van der Waals surface area contributed by atoms with E-state index in [-0.39, 0.29) is 5.95 Å². The SMILES string of the molecule is Cc1ccc(-c2cnc(N)nc2Cl)o1. The molecule has 0 aliphatic heterocycles. The van der Waals surface area contributed by atoms with Gasteiger partial charge in [0.1, 0.15) is 16.7 Å². The van der Waals surface area contributed by atoms with Crippen molar-refractivity contribution in [2.24, 2.45) is 0 Å². The third-order valence-corrected chi connectivity index (χ3v) is 2.05. The molecule has 72 valence electrons. The van der Waals surface area contributed by atoms with Crippen LogP contribution in [0.3, 0.4) is 0 Å². The number of aromatic nitrogens is 2. The Morgan fingerprint density at radius 1 is 1.43 bits per heavy atom. The van der Waals surface area contributed by atoms with Crippen LogP contribution in [0.5, 0.6) is 0 Å². The lowest BCUT2D eigenvalue weighted by molar-refractivity contribution is 0.548. The molecule has 2 rings (SSSR count). The van der Waals surface area contributed by atoms with Crippen molar-refractivity contribution in [1.29, 1.82) is 0 Å². The molecule has 5 heteroatoms. The van der Waals surface area contributed by atoms with Crippen LogP contribution in [0.15, 0.2) is 22.7 Å². The van der Waals surface area contributed by atoms with E-state index in [0.29, 0.717) is 16.5 Å². The van der Waals surface area contributed by atoms with Gasteiger partial charge in [0.25, 0.3) is 0 Å². The van der Waals surface area contributed by atoms with Crippen molar-refractivity contribution < 1.29 is 4.42 Å². The molecule has 0 bridgehead atoms. The molecule has 2 heterocycles. The summed E-state index contributed by atoms with van der Waals surface area (Å²) in [6.07, 6.45) is 1.54. The Labute approximate surface area is 85.7 Å². The third-order valence-electron chi connectivity index (χ3n) is 1.77. The van der Waals surface area contributed by atoms with E-state index >= 15 is 0 Å². The molecule has 0 amide bonds. The van der Waals surface area contributed by atoms with Gasteiger partial charge in [0.15, 0.2) is 0 Å². The maximum absolute atomic E-state index is 5.88. The van der Waals surface area contributed by atoms with Gasteiger partial charge in [-0.05, 0) is 19.1 Å². The zero-order valence-electron chi connectivity index (χ0n) is 7.49. The van der Waals surface area contributed by atoms with Gasteiger partial charge in [-0.1, -0.05) is 11.6 Å². The second-order valence-corrected chi connectivity index (χ2v) is 3.20. The van der Waals surface area contributed by atoms with Crippen LogP contribution in [-0.2, 0) is 0 Å². The van der Waals surface area contributed by atoms with E-state index < -0.39 is 0 Å². The lowest BCUT2D eigenvalue weighted by Gasteiger charge is -1.99. The first-order valence-corrected chi connectivity index (χ1v) is 4.39. The number of nitrogens with zero attached hydrogens (tertiary/aromatic N) is 2. The van der Waals surface area contributed by atoms with Crippen molar-refractivity contribution >= 4 is 17.5 Å². The smallest absolute Gasteiger partial charge is 0.221 e. The molecule has 2 aromatic rings. The summed E-state index contributed by atoms with van der Waals surface area (Å²) in [6.45, 7) is 1.86. The average molecular weight is 210 g/mol. The highest BCUT2D eigenvalue weighted by Crippen LogP contribution is 2.27. The summed E-state index contributed by atoms with van der Waals surface area (Å²) in [5.41, 5.74) is 6.02. The molecule has 0 aliphatic rings. The number of hydrogen-bond donors (Lipinski definition) is 1. The van der Waals surface area contributed by atoms with Crippen LogP contribution in [-0.4, -0.2) is 9.97 Å². The Morgan fingerprint density at radius 3 is 2.79 bits per heavy atom. The van der Waals surface area contributed by atoms with Gasteiger partial charge in [-0.3, -0.25) is 0 Å². The fraction of sp³-hybridized carbons (Fsp3) is 0.111. The lowest BCUT2D eigenvalue weighted by atomic mass is 10.3. The summed E-state index contributed by atoms with van der Waals surface area (Å²) in [7, 11) is 0. The fourth-order valence-electron chi connectivity index (χ4n) is 1.12. The van der Waals surface area contributed by atoms with E-state index in [1.54, 1.807) is 6.20 Å². The number of halogens is 1. The summed E-state index contributed by atoms with van der Waals surface area (Å²) >= 11 is 5.88. The Bertz CT molecular complexity index is 467. The van der Waals surface area contributed by atoms with Crippen molar-refractivity contribution in [2.45, 2.75) is 6.92 Å². The number of nitrogens with two attached hydrogens (primary N) is 1. The standard InChI is InChI=1S/C9H8ClN3O/c1-5-2-3-7(14-5)6-4-12-9(11)13-8(6)10/h2-4H,1H3,(H2,11,12,13). The Morgan fingerprint density at radius 2 is 2.21 bits per heavy atom. The molecule has 0 radical (unpaired) electrons. The number of hydrogen-bond acceptors (Lipinski definition) is 4. The molecule has 4 nitrogen and oxygen atoms in total. The van der Waals surface area contributed by atoms with E-state index in [0.717, 1.165) is 5.76 Å². The molecule has 2 N–H and O–H groups in total. The van der Waals surface area contributed by atoms with E-state index in [1.807, 2.05) is 19.1 Å². The lowest BCUT2D eigenvalue weighted by Crippen LogP contribution is -1.95. The first-order chi connectivity index (χ1) is 6.66. The minimum Gasteiger partial charge on any atom is -0.461 e. The van der Waals surface area contributed by atoms with Crippen LogP contribution in [0, 0.1) is 6.92 Å². The van der Waals surface area contributed by atoms with Crippen LogP contribution >= 0.6 is 11.6 Å². The fourth-order valence-corrected chi connectivity index (χ4v) is 1.35. The van der Waals surface area contributed by atoms with Gasteiger partial charge in [-0.25, -0.2) is 9.97 Å². The van der Waals surface area contributed by atoms with Gasteiger partial charge >= 0.3 is 0 Å². The maximum Gasteiger partial charge on any atom is 0.221 e. The van der Waals surface area contributed by atoms with Crippen LogP contribution in [0.2, 0.25) is 5.15 Å². The third kappa shape index (κ3) is 1.56. The zero-order valence-corrected chi connectivity index (χ0v) is 8.25. The van der Waals surface area contributed by atoms with E-state index in [1.165, 1.54) is 0 Å². The second kappa shape index (κ2) is 3.31. The number of aryl methyl sites for hydroxylation is 1. The summed E-state index contributed by atoms with van der Waals surface area (Å²) in [6, 6.07) is 3.66. The summed E-state index contributed by atoms with van der Waals surface area (Å²) in [5, 5.41) is 0.298. The molecule has 0 aliphatic carbocycles. The first kappa shape index (κ1) is 9.02. The summed E-state index contributed by atoms with van der Waals surface area (Å²) in [4.78, 5) is 7.68. The van der Waals surface area contributed by atoms with E-state index in [4.69, 9.17) is 21.8 Å². The first-order valence-electron chi connectivity index (χ1n) is 4.01. The van der Waals surface area contributed by atoms with Crippen molar-refractivity contribution in [3.63, 3.8) is 0 Å². The Kier molecular flexibility index (Phi) is 2.13. The zero-order chi connectivity index (χ0) is 10.1. The van der Waals surface area contributed by atoms with Gasteiger partial charge < -0.3 is 10.2 Å².